The van der Waals surface area contributed by atoms with E-state index in [2.05, 4.69) is 198 Å². The lowest BCUT2D eigenvalue weighted by Crippen LogP contribution is -2.37. The second-order valence-corrected chi connectivity index (χ2v) is 22.4. The maximum absolute atomic E-state index is 5.13. The van der Waals surface area contributed by atoms with Gasteiger partial charge in [-0.3, -0.25) is 0 Å². The van der Waals surface area contributed by atoms with Crippen LogP contribution in [0.3, 0.4) is 0 Å². The van der Waals surface area contributed by atoms with Gasteiger partial charge in [0.05, 0.1) is 13.5 Å². The summed E-state index contributed by atoms with van der Waals surface area (Å²) in [5.74, 6) is 1.99. The quantitative estimate of drug-likeness (QED) is 0.152. The topological polar surface area (TPSA) is 38.7 Å². The normalized spacial score (nSPS) is 13.2. The van der Waals surface area contributed by atoms with Gasteiger partial charge in [-0.15, -0.1) is 0 Å². The van der Waals surface area contributed by atoms with E-state index >= 15 is 0 Å². The molecule has 0 bridgehead atoms. The molecule has 1 heterocycles. The van der Waals surface area contributed by atoms with Crippen LogP contribution < -0.4 is 5.19 Å². The first-order valence-corrected chi connectivity index (χ1v) is 23.4. The zero-order valence-corrected chi connectivity index (χ0v) is 34.6. The Balaban J connectivity index is 1.21. The Morgan fingerprint density at radius 3 is 1.40 bits per heavy atom. The SMILES string of the molecule is CC(C)(C)c1ccc2c(c1)C(c1ccccc1)(c1ccccc1)c1cc(-c3cccc(-c4nc(-c5ccccc5)nc(-c5ccc([Si](C)(C)C)cc5)n4)c3)ccc1-2. The van der Waals surface area contributed by atoms with Gasteiger partial charge in [-0.05, 0) is 67.6 Å². The van der Waals surface area contributed by atoms with Gasteiger partial charge in [0.1, 0.15) is 0 Å². The number of rotatable bonds is 7. The molecule has 0 saturated carbocycles. The summed E-state index contributed by atoms with van der Waals surface area (Å²) in [6.07, 6.45) is 0. The summed E-state index contributed by atoms with van der Waals surface area (Å²) in [6.45, 7) is 14.0. The third-order valence-electron chi connectivity index (χ3n) is 11.5. The predicted octanol–water partition coefficient (Wildman–Crippen LogP) is 12.7. The van der Waals surface area contributed by atoms with Crippen molar-refractivity contribution in [3.63, 3.8) is 0 Å². The molecule has 0 fully saturated rings. The predicted molar refractivity (Wildman–Crippen MR) is 241 cm³/mol. The van der Waals surface area contributed by atoms with Crippen molar-refractivity contribution in [1.82, 2.24) is 15.0 Å². The van der Waals surface area contributed by atoms with Crippen molar-refractivity contribution in [2.24, 2.45) is 0 Å². The molecule has 8 aromatic rings. The molecule has 0 radical (unpaired) electrons. The lowest BCUT2D eigenvalue weighted by Gasteiger charge is -2.35. The van der Waals surface area contributed by atoms with E-state index in [1.165, 1.54) is 44.1 Å². The number of hydrogen-bond acceptors (Lipinski definition) is 3. The molecule has 7 aromatic carbocycles. The molecular weight excluding hydrogens is 707 g/mol. The van der Waals surface area contributed by atoms with Crippen molar-refractivity contribution >= 4 is 13.3 Å². The first kappa shape index (κ1) is 36.4. The maximum atomic E-state index is 5.13. The van der Waals surface area contributed by atoms with Crippen molar-refractivity contribution < 1.29 is 0 Å². The molecule has 57 heavy (non-hydrogen) atoms. The minimum Gasteiger partial charge on any atom is -0.208 e. The van der Waals surface area contributed by atoms with E-state index in [-0.39, 0.29) is 5.41 Å². The van der Waals surface area contributed by atoms with Crippen LogP contribution in [0.2, 0.25) is 19.6 Å². The van der Waals surface area contributed by atoms with E-state index in [9.17, 15) is 0 Å². The lowest BCUT2D eigenvalue weighted by molar-refractivity contribution is 0.588. The summed E-state index contributed by atoms with van der Waals surface area (Å²) in [6, 6.07) is 64.0. The smallest absolute Gasteiger partial charge is 0.164 e. The molecule has 0 unspecified atom stereocenters. The highest BCUT2D eigenvalue weighted by molar-refractivity contribution is 6.88. The van der Waals surface area contributed by atoms with Crippen molar-refractivity contribution in [3.05, 3.63) is 204 Å². The average molecular weight is 754 g/mol. The molecule has 1 aliphatic rings. The third kappa shape index (κ3) is 6.54. The van der Waals surface area contributed by atoms with Gasteiger partial charge < -0.3 is 0 Å². The Labute approximate surface area is 338 Å². The van der Waals surface area contributed by atoms with Crippen molar-refractivity contribution in [1.29, 1.82) is 0 Å². The molecule has 278 valence electrons. The minimum absolute atomic E-state index is 0.00121. The molecule has 9 rings (SSSR count). The first-order valence-electron chi connectivity index (χ1n) is 19.9. The van der Waals surface area contributed by atoms with Gasteiger partial charge in [0, 0.05) is 16.7 Å². The van der Waals surface area contributed by atoms with E-state index in [1.54, 1.807) is 0 Å². The van der Waals surface area contributed by atoms with Gasteiger partial charge in [0.15, 0.2) is 17.5 Å². The van der Waals surface area contributed by atoms with E-state index < -0.39 is 13.5 Å². The standard InChI is InChI=1S/C53H47N3Si/c1-52(2,3)43-28-32-46-45-31-27-39(34-47(45)53(48(46)35-43,41-21-12-8-13-22-41)42-23-14-9-15-24-42)38-19-16-20-40(33-38)51-55-49(36-17-10-7-11-18-36)54-50(56-51)37-25-29-44(30-26-37)57(4,5)6/h7-35H,1-6H3. The number of benzene rings is 7. The van der Waals surface area contributed by atoms with Gasteiger partial charge in [-0.25, -0.2) is 15.0 Å². The van der Waals surface area contributed by atoms with Crippen LogP contribution in [-0.4, -0.2) is 23.0 Å². The zero-order valence-electron chi connectivity index (χ0n) is 33.6. The molecule has 0 aliphatic heterocycles. The van der Waals surface area contributed by atoms with Crippen LogP contribution in [0.1, 0.15) is 48.6 Å². The minimum atomic E-state index is -1.46. The number of fused-ring (bicyclic) bond motifs is 3. The van der Waals surface area contributed by atoms with Crippen LogP contribution in [0.5, 0.6) is 0 Å². The van der Waals surface area contributed by atoms with Gasteiger partial charge in [0.25, 0.3) is 0 Å². The molecule has 0 N–H and O–H groups in total. The summed E-state index contributed by atoms with van der Waals surface area (Å²) < 4.78 is 0. The average Bonchev–Trinajstić information content (AvgIpc) is 3.54. The fourth-order valence-corrected chi connectivity index (χ4v) is 9.61. The molecule has 0 atom stereocenters. The Morgan fingerprint density at radius 2 is 0.842 bits per heavy atom. The molecule has 0 saturated heterocycles. The highest BCUT2D eigenvalue weighted by Gasteiger charge is 2.46. The van der Waals surface area contributed by atoms with Gasteiger partial charge in [-0.2, -0.15) is 0 Å². The van der Waals surface area contributed by atoms with Crippen LogP contribution in [0.25, 0.3) is 56.4 Å². The van der Waals surface area contributed by atoms with Gasteiger partial charge >= 0.3 is 0 Å². The number of nitrogens with zero attached hydrogens (tertiary/aromatic N) is 3. The lowest BCUT2D eigenvalue weighted by atomic mass is 9.66. The summed E-state index contributed by atoms with van der Waals surface area (Å²) in [5, 5.41) is 1.41. The largest absolute Gasteiger partial charge is 0.208 e. The fourth-order valence-electron chi connectivity index (χ4n) is 8.44. The molecular formula is C53H47N3Si. The van der Waals surface area contributed by atoms with E-state index in [4.69, 9.17) is 15.0 Å². The van der Waals surface area contributed by atoms with Crippen molar-refractivity contribution in [2.45, 2.75) is 51.2 Å². The Hall–Kier alpha value is -6.23. The highest BCUT2D eigenvalue weighted by atomic mass is 28.3. The Bertz CT molecular complexity index is 2690. The van der Waals surface area contributed by atoms with Crippen LogP contribution in [0.4, 0.5) is 0 Å². The van der Waals surface area contributed by atoms with Crippen LogP contribution in [0.15, 0.2) is 176 Å². The molecule has 1 aliphatic carbocycles. The zero-order chi connectivity index (χ0) is 39.4. The van der Waals surface area contributed by atoms with E-state index in [0.29, 0.717) is 17.5 Å². The summed E-state index contributed by atoms with van der Waals surface area (Å²) in [4.78, 5) is 15.2. The molecule has 3 nitrogen and oxygen atoms in total. The fraction of sp³-hybridized carbons (Fsp3) is 0.151. The van der Waals surface area contributed by atoms with Crippen LogP contribution in [-0.2, 0) is 10.8 Å². The first-order chi connectivity index (χ1) is 27.5. The maximum Gasteiger partial charge on any atom is 0.164 e. The molecule has 1 aromatic heterocycles. The van der Waals surface area contributed by atoms with E-state index in [1.807, 2.05) is 18.2 Å². The second kappa shape index (κ2) is 14.1. The summed E-state index contributed by atoms with van der Waals surface area (Å²) in [5.41, 5.74) is 13.7. The van der Waals surface area contributed by atoms with Crippen molar-refractivity contribution in [2.75, 3.05) is 0 Å². The number of hydrogen-bond donors (Lipinski definition) is 0. The van der Waals surface area contributed by atoms with Gasteiger partial charge in [-0.1, -0.05) is 209 Å². The molecule has 0 amide bonds. The number of aromatic nitrogens is 3. The molecule has 0 spiro atoms. The van der Waals surface area contributed by atoms with Crippen LogP contribution in [0, 0.1) is 0 Å². The monoisotopic (exact) mass is 753 g/mol. The second-order valence-electron chi connectivity index (χ2n) is 17.3. The van der Waals surface area contributed by atoms with E-state index in [0.717, 1.165) is 27.8 Å². The Morgan fingerprint density at radius 1 is 0.404 bits per heavy atom. The Kier molecular flexibility index (Phi) is 8.98. The van der Waals surface area contributed by atoms with Crippen LogP contribution >= 0.6 is 0 Å². The summed E-state index contributed by atoms with van der Waals surface area (Å²) >= 11 is 0. The van der Waals surface area contributed by atoms with Crippen molar-refractivity contribution in [3.8, 4) is 56.4 Å². The summed E-state index contributed by atoms with van der Waals surface area (Å²) in [7, 11) is -1.46. The highest BCUT2D eigenvalue weighted by Crippen LogP contribution is 2.57. The molecule has 4 heteroatoms. The third-order valence-corrected chi connectivity index (χ3v) is 13.6. The van der Waals surface area contributed by atoms with Gasteiger partial charge in [0.2, 0.25) is 0 Å².